The normalized spacial score (nSPS) is 13.0. The predicted molar refractivity (Wildman–Crippen MR) is 67.3 cm³/mol. The van der Waals surface area contributed by atoms with Crippen LogP contribution in [0.1, 0.15) is 18.0 Å². The van der Waals surface area contributed by atoms with Crippen LogP contribution < -0.4 is 5.32 Å². The molecule has 1 N–H and O–H groups in total. The van der Waals surface area contributed by atoms with Crippen molar-refractivity contribution in [1.29, 1.82) is 0 Å². The summed E-state index contributed by atoms with van der Waals surface area (Å²) in [6.07, 6.45) is -2.04. The summed E-state index contributed by atoms with van der Waals surface area (Å²) in [5.74, 6) is -0.342. The van der Waals surface area contributed by atoms with Gasteiger partial charge in [0.15, 0.2) is 0 Å². The van der Waals surface area contributed by atoms with Gasteiger partial charge in [-0.2, -0.15) is 0 Å². The highest BCUT2D eigenvalue weighted by atomic mass is 79.9. The molecule has 2 nitrogen and oxygen atoms in total. The second-order valence-corrected chi connectivity index (χ2v) is 4.59. The van der Waals surface area contributed by atoms with E-state index in [0.29, 0.717) is 16.5 Å². The Morgan fingerprint density at radius 2 is 2.11 bits per heavy atom. The predicted octanol–water partition coefficient (Wildman–Crippen LogP) is 3.52. The molecule has 0 aromatic heterocycles. The summed E-state index contributed by atoms with van der Waals surface area (Å²) >= 11 is 3.11. The van der Waals surface area contributed by atoms with Crippen LogP contribution in [0.15, 0.2) is 22.7 Å². The summed E-state index contributed by atoms with van der Waals surface area (Å²) in [6.45, 7) is -0.431. The number of halogens is 4. The molecule has 0 saturated heterocycles. The topological polar surface area (TPSA) is 21.3 Å². The third kappa shape index (κ3) is 4.59. The monoisotopic (exact) mass is 325 g/mol. The largest absolute Gasteiger partial charge is 0.375 e. The lowest BCUT2D eigenvalue weighted by Gasteiger charge is -2.17. The molecule has 18 heavy (non-hydrogen) atoms. The lowest BCUT2D eigenvalue weighted by molar-refractivity contribution is 0.0144. The first-order valence-electron chi connectivity index (χ1n) is 5.53. The molecule has 0 bridgehead atoms. The van der Waals surface area contributed by atoms with Gasteiger partial charge in [0.05, 0.1) is 4.47 Å². The lowest BCUT2D eigenvalue weighted by Crippen LogP contribution is -2.20. The lowest BCUT2D eigenvalue weighted by atomic mass is 10.0. The van der Waals surface area contributed by atoms with Gasteiger partial charge in [0.1, 0.15) is 12.4 Å². The molecular formula is C12H15BrF3NO. The Morgan fingerprint density at radius 3 is 2.72 bits per heavy atom. The number of hydrogen-bond donors (Lipinski definition) is 1. The minimum absolute atomic E-state index is 0.155. The maximum atomic E-state index is 13.8. The van der Waals surface area contributed by atoms with E-state index in [1.165, 1.54) is 0 Å². The van der Waals surface area contributed by atoms with Crippen molar-refractivity contribution in [2.75, 3.05) is 20.3 Å². The van der Waals surface area contributed by atoms with E-state index in [1.54, 1.807) is 25.2 Å². The van der Waals surface area contributed by atoms with E-state index < -0.39 is 13.0 Å². The van der Waals surface area contributed by atoms with Gasteiger partial charge >= 0.3 is 0 Å². The van der Waals surface area contributed by atoms with E-state index in [4.69, 9.17) is 4.74 Å². The third-order valence-electron chi connectivity index (χ3n) is 2.50. The Balaban J connectivity index is 2.57. The maximum Gasteiger partial charge on any atom is 0.261 e. The standard InChI is InChI=1S/C12H15BrF3NO/c1-17-10(5-6-18-7-11(14)15)8-3-2-4-9(13)12(8)16/h2-4,10-11,17H,5-7H2,1H3. The molecule has 0 radical (unpaired) electrons. The zero-order valence-electron chi connectivity index (χ0n) is 9.93. The van der Waals surface area contributed by atoms with E-state index in [1.807, 2.05) is 0 Å². The molecule has 0 spiro atoms. The van der Waals surface area contributed by atoms with E-state index in [9.17, 15) is 13.2 Å². The van der Waals surface area contributed by atoms with Crippen molar-refractivity contribution in [3.63, 3.8) is 0 Å². The molecule has 0 aliphatic rings. The van der Waals surface area contributed by atoms with Crippen LogP contribution in [0.4, 0.5) is 13.2 Å². The van der Waals surface area contributed by atoms with Gasteiger partial charge in [0, 0.05) is 18.2 Å². The van der Waals surface area contributed by atoms with Crippen LogP contribution >= 0.6 is 15.9 Å². The molecule has 0 aliphatic carbocycles. The van der Waals surface area contributed by atoms with Gasteiger partial charge in [-0.25, -0.2) is 13.2 Å². The van der Waals surface area contributed by atoms with E-state index in [0.717, 1.165) is 0 Å². The molecular weight excluding hydrogens is 311 g/mol. The Morgan fingerprint density at radius 1 is 1.39 bits per heavy atom. The number of ether oxygens (including phenoxy) is 1. The van der Waals surface area contributed by atoms with E-state index in [2.05, 4.69) is 21.2 Å². The smallest absolute Gasteiger partial charge is 0.261 e. The number of alkyl halides is 2. The van der Waals surface area contributed by atoms with Gasteiger partial charge in [-0.15, -0.1) is 0 Å². The average Bonchev–Trinajstić information content (AvgIpc) is 2.33. The third-order valence-corrected chi connectivity index (χ3v) is 3.11. The molecule has 1 atom stereocenters. The van der Waals surface area contributed by atoms with Gasteiger partial charge in [0.25, 0.3) is 6.43 Å². The van der Waals surface area contributed by atoms with Crippen LogP contribution in [-0.4, -0.2) is 26.7 Å². The highest BCUT2D eigenvalue weighted by Crippen LogP contribution is 2.25. The zero-order valence-corrected chi connectivity index (χ0v) is 11.5. The van der Waals surface area contributed by atoms with Gasteiger partial charge in [0.2, 0.25) is 0 Å². The fraction of sp³-hybridized carbons (Fsp3) is 0.500. The minimum Gasteiger partial charge on any atom is -0.375 e. The van der Waals surface area contributed by atoms with Gasteiger partial charge in [-0.05, 0) is 35.5 Å². The second kappa shape index (κ2) is 7.76. The average molecular weight is 326 g/mol. The molecule has 1 aromatic carbocycles. The molecule has 1 rings (SSSR count). The highest BCUT2D eigenvalue weighted by molar-refractivity contribution is 9.10. The molecule has 1 aromatic rings. The van der Waals surface area contributed by atoms with Crippen molar-refractivity contribution in [3.05, 3.63) is 34.1 Å². The van der Waals surface area contributed by atoms with Crippen molar-refractivity contribution in [1.82, 2.24) is 5.32 Å². The Hall–Kier alpha value is -0.590. The first-order valence-corrected chi connectivity index (χ1v) is 6.32. The molecule has 0 heterocycles. The molecule has 1 unspecified atom stereocenters. The summed E-state index contributed by atoms with van der Waals surface area (Å²) in [6, 6.07) is 4.74. The fourth-order valence-corrected chi connectivity index (χ4v) is 2.00. The molecule has 102 valence electrons. The van der Waals surface area contributed by atoms with Crippen molar-refractivity contribution in [2.24, 2.45) is 0 Å². The molecule has 0 amide bonds. The summed E-state index contributed by atoms with van der Waals surface area (Å²) in [5, 5.41) is 2.95. The highest BCUT2D eigenvalue weighted by Gasteiger charge is 2.15. The number of benzene rings is 1. The van der Waals surface area contributed by atoms with Crippen LogP contribution in [0.3, 0.4) is 0 Å². The molecule has 6 heteroatoms. The Bertz CT molecular complexity index is 376. The van der Waals surface area contributed by atoms with Crippen molar-refractivity contribution in [2.45, 2.75) is 18.9 Å². The van der Waals surface area contributed by atoms with Gasteiger partial charge in [-0.1, -0.05) is 12.1 Å². The van der Waals surface area contributed by atoms with Gasteiger partial charge < -0.3 is 10.1 Å². The SMILES string of the molecule is CNC(CCOCC(F)F)c1cccc(Br)c1F. The van der Waals surface area contributed by atoms with Crippen molar-refractivity contribution >= 4 is 15.9 Å². The summed E-state index contributed by atoms with van der Waals surface area (Å²) in [4.78, 5) is 0. The zero-order chi connectivity index (χ0) is 13.5. The van der Waals surface area contributed by atoms with Crippen LogP contribution in [0, 0.1) is 5.82 Å². The maximum absolute atomic E-state index is 13.8. The Labute approximate surface area is 113 Å². The molecule has 0 fully saturated rings. The van der Waals surface area contributed by atoms with E-state index in [-0.39, 0.29) is 18.5 Å². The molecule has 0 saturated carbocycles. The van der Waals surface area contributed by atoms with Crippen LogP contribution in [0.25, 0.3) is 0 Å². The number of nitrogens with one attached hydrogen (secondary N) is 1. The quantitative estimate of drug-likeness (QED) is 0.774. The minimum atomic E-state index is -2.47. The summed E-state index contributed by atoms with van der Waals surface area (Å²) < 4.78 is 42.8. The number of rotatable bonds is 7. The summed E-state index contributed by atoms with van der Waals surface area (Å²) in [5.41, 5.74) is 0.493. The second-order valence-electron chi connectivity index (χ2n) is 3.74. The molecule has 0 aliphatic heterocycles. The van der Waals surface area contributed by atoms with Gasteiger partial charge in [-0.3, -0.25) is 0 Å². The summed E-state index contributed by atoms with van der Waals surface area (Å²) in [7, 11) is 1.69. The Kier molecular flexibility index (Phi) is 6.67. The van der Waals surface area contributed by atoms with Crippen molar-refractivity contribution < 1.29 is 17.9 Å². The van der Waals surface area contributed by atoms with Crippen LogP contribution in [-0.2, 0) is 4.74 Å². The first kappa shape index (κ1) is 15.5. The first-order chi connectivity index (χ1) is 8.56. The van der Waals surface area contributed by atoms with Crippen LogP contribution in [0.2, 0.25) is 0 Å². The fourth-order valence-electron chi connectivity index (χ4n) is 1.62. The van der Waals surface area contributed by atoms with Crippen molar-refractivity contribution in [3.8, 4) is 0 Å². The number of hydrogen-bond acceptors (Lipinski definition) is 2. The van der Waals surface area contributed by atoms with E-state index >= 15 is 0 Å². The van der Waals surface area contributed by atoms with Crippen LogP contribution in [0.5, 0.6) is 0 Å².